The van der Waals surface area contributed by atoms with Crippen LogP contribution in [0.25, 0.3) is 0 Å². The molecule has 0 aromatic rings. The van der Waals surface area contributed by atoms with Crippen molar-refractivity contribution in [1.29, 1.82) is 0 Å². The van der Waals surface area contributed by atoms with Gasteiger partial charge in [0.1, 0.15) is 0 Å². The maximum atomic E-state index is 9.34. The zero-order valence-corrected chi connectivity index (χ0v) is 16.7. The summed E-state index contributed by atoms with van der Waals surface area (Å²) >= 11 is 0. The van der Waals surface area contributed by atoms with Crippen LogP contribution < -0.4 is 0 Å². The van der Waals surface area contributed by atoms with Crippen molar-refractivity contribution in [1.82, 2.24) is 0 Å². The average Bonchev–Trinajstić information content (AvgIpc) is 2.45. The van der Waals surface area contributed by atoms with E-state index in [1.54, 1.807) is 0 Å². The van der Waals surface area contributed by atoms with Crippen molar-refractivity contribution in [3.8, 4) is 0 Å². The van der Waals surface area contributed by atoms with Gasteiger partial charge >= 0.3 is 105 Å². The summed E-state index contributed by atoms with van der Waals surface area (Å²) in [5, 5.41) is 0. The average molecular weight is 351 g/mol. The Morgan fingerprint density at radius 3 is 1.00 bits per heavy atom. The van der Waals surface area contributed by atoms with Crippen LogP contribution in [0.15, 0.2) is 0 Å². The summed E-state index contributed by atoms with van der Waals surface area (Å²) in [7, 11) is -4.22. The molecule has 3 N–H and O–H groups in total. The Hall–Kier alpha value is 0.310. The molecule has 0 amide bonds. The summed E-state index contributed by atoms with van der Waals surface area (Å²) in [4.78, 5) is 28.0. The topological polar surface area (TPSA) is 60.7 Å². The maximum absolute atomic E-state index is 9.34. The fraction of sp³-hybridized carbons (Fsp3) is 1.00. The summed E-state index contributed by atoms with van der Waals surface area (Å²) in [5.41, 5.74) is 0. The van der Waals surface area contributed by atoms with E-state index in [4.69, 9.17) is 0 Å². The third kappa shape index (κ3) is 22.3. The molecule has 0 aliphatic carbocycles. The van der Waals surface area contributed by atoms with Gasteiger partial charge < -0.3 is 0 Å². The van der Waals surface area contributed by atoms with E-state index in [-0.39, 0.29) is 6.16 Å². The molecular weight excluding hydrogens is 307 g/mol. The van der Waals surface area contributed by atoms with Gasteiger partial charge in [-0.2, -0.15) is 0 Å². The molecule has 0 fully saturated rings. The first-order valence-corrected chi connectivity index (χ1v) is 12.8. The Balaban J connectivity index is 3.08. The molecule has 0 aromatic heterocycles. The molecule has 0 saturated carbocycles. The van der Waals surface area contributed by atoms with Crippen molar-refractivity contribution in [2.45, 2.75) is 110 Å². The molecular formula is C19H43O3P. The first-order chi connectivity index (χ1) is 10.8. The van der Waals surface area contributed by atoms with Crippen LogP contribution in [0, 0.1) is 0 Å². The van der Waals surface area contributed by atoms with Crippen molar-refractivity contribution in [2.24, 2.45) is 0 Å². The first kappa shape index (κ1) is 23.3. The second-order valence-electron chi connectivity index (χ2n) is 7.64. The summed E-state index contributed by atoms with van der Waals surface area (Å²) in [6.45, 7) is 3.45. The molecule has 23 heavy (non-hydrogen) atoms. The summed E-state index contributed by atoms with van der Waals surface area (Å²) in [6.07, 6.45) is 20.9. The second kappa shape index (κ2) is 13.6. The van der Waals surface area contributed by atoms with E-state index in [1.165, 1.54) is 90.1 Å². The van der Waals surface area contributed by atoms with Crippen molar-refractivity contribution in [3.63, 3.8) is 0 Å². The molecule has 0 rings (SSSR count). The zero-order valence-electron chi connectivity index (χ0n) is 15.8. The van der Waals surface area contributed by atoms with Crippen LogP contribution in [0.1, 0.15) is 110 Å². The molecule has 0 atom stereocenters. The van der Waals surface area contributed by atoms with E-state index < -0.39 is 7.28 Å². The van der Waals surface area contributed by atoms with Crippen LogP contribution in [0.3, 0.4) is 0 Å². The Morgan fingerprint density at radius 1 is 0.478 bits per heavy atom. The normalized spacial score (nSPS) is 13.9. The molecule has 0 bridgehead atoms. The summed E-state index contributed by atoms with van der Waals surface area (Å²) < 4.78 is 0. The molecule has 142 valence electrons. The number of hydrogen-bond donors (Lipinski definition) is 3. The third-order valence-electron chi connectivity index (χ3n) is 4.54. The summed E-state index contributed by atoms with van der Waals surface area (Å²) in [5.74, 6) is 0. The predicted octanol–water partition coefficient (Wildman–Crippen LogP) is 6.15. The van der Waals surface area contributed by atoms with Crippen molar-refractivity contribution in [2.75, 3.05) is 12.8 Å². The van der Waals surface area contributed by atoms with Gasteiger partial charge in [-0.1, -0.05) is 39.0 Å². The minimum atomic E-state index is -4.22. The molecule has 0 radical (unpaired) electrons. The number of rotatable bonds is 17. The molecule has 0 saturated heterocycles. The Labute approximate surface area is 145 Å². The standard InChI is InChI=1S/C19H43O3P/c1-3-4-5-6-7-8-9-10-11-12-13-14-15-16-17-18-19-23(2,20,21)22/h20-22H,3-19H2,1-2H3. The second-order valence-corrected chi connectivity index (χ2v) is 11.3. The van der Waals surface area contributed by atoms with Crippen LogP contribution in [0.2, 0.25) is 0 Å². The molecule has 0 aliphatic heterocycles. The van der Waals surface area contributed by atoms with Gasteiger partial charge in [0.2, 0.25) is 0 Å². The molecule has 0 heterocycles. The fourth-order valence-electron chi connectivity index (χ4n) is 3.03. The molecule has 3 nitrogen and oxygen atoms in total. The summed E-state index contributed by atoms with van der Waals surface area (Å²) in [6, 6.07) is 0. The van der Waals surface area contributed by atoms with Gasteiger partial charge in [-0.15, -0.1) is 0 Å². The van der Waals surface area contributed by atoms with Crippen molar-refractivity contribution in [3.05, 3.63) is 0 Å². The van der Waals surface area contributed by atoms with Crippen LogP contribution in [0.5, 0.6) is 0 Å². The van der Waals surface area contributed by atoms with E-state index in [0.29, 0.717) is 0 Å². The Bertz CT molecular complexity index is 252. The number of hydrogen-bond acceptors (Lipinski definition) is 3. The van der Waals surface area contributed by atoms with E-state index in [2.05, 4.69) is 6.92 Å². The van der Waals surface area contributed by atoms with E-state index in [9.17, 15) is 14.7 Å². The van der Waals surface area contributed by atoms with Gasteiger partial charge in [0.05, 0.1) is 0 Å². The molecule has 0 unspecified atom stereocenters. The zero-order chi connectivity index (χ0) is 17.5. The van der Waals surface area contributed by atoms with Crippen molar-refractivity contribution < 1.29 is 14.7 Å². The quantitative estimate of drug-likeness (QED) is 0.218. The molecule has 4 heteroatoms. The fourth-order valence-corrected chi connectivity index (χ4v) is 3.99. The third-order valence-corrected chi connectivity index (χ3v) is 5.90. The van der Waals surface area contributed by atoms with Crippen molar-refractivity contribution >= 4 is 7.28 Å². The van der Waals surface area contributed by atoms with Gasteiger partial charge in [-0.05, 0) is 0 Å². The number of unbranched alkanes of at least 4 members (excludes halogenated alkanes) is 15. The van der Waals surface area contributed by atoms with Crippen LogP contribution >= 0.6 is 7.28 Å². The first-order valence-electron chi connectivity index (χ1n) is 10.1. The molecule has 0 aromatic carbocycles. The van der Waals surface area contributed by atoms with E-state index in [0.717, 1.165) is 19.3 Å². The molecule has 0 aliphatic rings. The Kier molecular flexibility index (Phi) is 13.8. The van der Waals surface area contributed by atoms with Gasteiger partial charge in [0.25, 0.3) is 0 Å². The molecule has 0 spiro atoms. The van der Waals surface area contributed by atoms with E-state index in [1.807, 2.05) is 0 Å². The van der Waals surface area contributed by atoms with E-state index >= 15 is 0 Å². The Morgan fingerprint density at radius 2 is 0.739 bits per heavy atom. The SMILES string of the molecule is CCCCCCCCCCCCCCCCCCP(C)(O)(O)O. The van der Waals surface area contributed by atoms with Gasteiger partial charge in [0, 0.05) is 0 Å². The predicted molar refractivity (Wildman–Crippen MR) is 104 cm³/mol. The van der Waals surface area contributed by atoms with Crippen LogP contribution in [-0.4, -0.2) is 27.5 Å². The van der Waals surface area contributed by atoms with Gasteiger partial charge in [-0.25, -0.2) is 0 Å². The van der Waals surface area contributed by atoms with Crippen LogP contribution in [0.4, 0.5) is 0 Å². The van der Waals surface area contributed by atoms with Crippen LogP contribution in [-0.2, 0) is 0 Å². The monoisotopic (exact) mass is 350 g/mol. The minimum absolute atomic E-state index is 0.157. The van der Waals surface area contributed by atoms with Gasteiger partial charge in [-0.3, -0.25) is 0 Å². The van der Waals surface area contributed by atoms with Gasteiger partial charge in [0.15, 0.2) is 0 Å².